The highest BCUT2D eigenvalue weighted by Gasteiger charge is 2.31. The van der Waals surface area contributed by atoms with Gasteiger partial charge in [-0.3, -0.25) is 4.99 Å². The van der Waals surface area contributed by atoms with Gasteiger partial charge in [-0.05, 0) is 43.2 Å². The molecule has 1 atom stereocenters. The first-order chi connectivity index (χ1) is 13.1. The number of nitrogens with zero attached hydrogens (tertiary/aromatic N) is 3. The van der Waals surface area contributed by atoms with E-state index >= 15 is 0 Å². The van der Waals surface area contributed by atoms with Crippen molar-refractivity contribution in [2.75, 3.05) is 38.2 Å². The van der Waals surface area contributed by atoms with Gasteiger partial charge in [0.2, 0.25) is 0 Å². The minimum atomic E-state index is 0.266. The van der Waals surface area contributed by atoms with Crippen LogP contribution < -0.4 is 15.5 Å². The Morgan fingerprint density at radius 2 is 2.15 bits per heavy atom. The Morgan fingerprint density at radius 3 is 2.78 bits per heavy atom. The second-order valence-corrected chi connectivity index (χ2v) is 7.99. The summed E-state index contributed by atoms with van der Waals surface area (Å²) in [6.07, 6.45) is 8.85. The Hall–Kier alpha value is -1.82. The van der Waals surface area contributed by atoms with E-state index in [0.29, 0.717) is 5.41 Å². The van der Waals surface area contributed by atoms with Gasteiger partial charge in [0.1, 0.15) is 5.82 Å². The molecule has 27 heavy (non-hydrogen) atoms. The van der Waals surface area contributed by atoms with Crippen molar-refractivity contribution in [3.63, 3.8) is 0 Å². The Kier molecular flexibility index (Phi) is 6.94. The molecule has 1 aliphatic heterocycles. The number of aromatic nitrogens is 1. The third-order valence-electron chi connectivity index (χ3n) is 6.10. The second kappa shape index (κ2) is 9.40. The molecular formula is C21H35N5O. The molecule has 6 heteroatoms. The molecule has 0 spiro atoms. The molecule has 2 heterocycles. The maximum Gasteiger partial charge on any atom is 0.191 e. The molecular weight excluding hydrogens is 338 g/mol. The Morgan fingerprint density at radius 1 is 1.33 bits per heavy atom. The molecule has 1 saturated heterocycles. The van der Waals surface area contributed by atoms with Crippen LogP contribution in [-0.4, -0.2) is 50.3 Å². The molecule has 2 fully saturated rings. The first kappa shape index (κ1) is 19.9. The first-order valence-corrected chi connectivity index (χ1v) is 10.4. The first-order valence-electron chi connectivity index (χ1n) is 10.4. The summed E-state index contributed by atoms with van der Waals surface area (Å²) in [6.45, 7) is 8.74. The standard InChI is InChI=1S/C21H35N5O/c1-4-21(9-5-6-10-21)16-25-20(22-3)24-14-18-7-8-19(23-13-18)26-11-12-27-17(2)15-26/h7-8,13,17H,4-6,9-12,14-16H2,1-3H3,(H2,22,24,25). The summed E-state index contributed by atoms with van der Waals surface area (Å²) in [4.78, 5) is 11.3. The van der Waals surface area contributed by atoms with E-state index in [1.54, 1.807) is 0 Å². The van der Waals surface area contributed by atoms with Crippen LogP contribution in [0.2, 0.25) is 0 Å². The molecule has 0 bridgehead atoms. The van der Waals surface area contributed by atoms with Crippen LogP contribution in [0.15, 0.2) is 23.3 Å². The number of ether oxygens (including phenoxy) is 1. The number of aliphatic imine (C=N–C) groups is 1. The van der Waals surface area contributed by atoms with Crippen molar-refractivity contribution in [1.82, 2.24) is 15.6 Å². The summed E-state index contributed by atoms with van der Waals surface area (Å²) in [7, 11) is 1.84. The zero-order chi connectivity index (χ0) is 19.1. The fourth-order valence-corrected chi connectivity index (χ4v) is 4.19. The smallest absolute Gasteiger partial charge is 0.191 e. The zero-order valence-electron chi connectivity index (χ0n) is 17.1. The molecule has 1 aromatic rings. The molecule has 2 aliphatic rings. The van der Waals surface area contributed by atoms with Gasteiger partial charge in [0.15, 0.2) is 5.96 Å². The molecule has 3 rings (SSSR count). The monoisotopic (exact) mass is 373 g/mol. The fraction of sp³-hybridized carbons (Fsp3) is 0.714. The summed E-state index contributed by atoms with van der Waals surface area (Å²) in [5.41, 5.74) is 1.62. The van der Waals surface area contributed by atoms with E-state index in [2.05, 4.69) is 51.5 Å². The number of anilines is 1. The molecule has 1 aromatic heterocycles. The van der Waals surface area contributed by atoms with Gasteiger partial charge in [-0.1, -0.05) is 25.8 Å². The predicted octanol–water partition coefficient (Wildman–Crippen LogP) is 2.94. The van der Waals surface area contributed by atoms with E-state index in [0.717, 1.165) is 50.1 Å². The molecule has 150 valence electrons. The number of hydrogen-bond acceptors (Lipinski definition) is 4. The molecule has 0 radical (unpaired) electrons. The average Bonchev–Trinajstić information content (AvgIpc) is 3.18. The minimum absolute atomic E-state index is 0.266. The number of rotatable bonds is 6. The second-order valence-electron chi connectivity index (χ2n) is 7.99. The maximum atomic E-state index is 5.61. The summed E-state index contributed by atoms with van der Waals surface area (Å²) in [6, 6.07) is 4.25. The lowest BCUT2D eigenvalue weighted by molar-refractivity contribution is 0.0529. The van der Waals surface area contributed by atoms with Gasteiger partial charge in [-0.2, -0.15) is 0 Å². The van der Waals surface area contributed by atoms with Gasteiger partial charge in [0, 0.05) is 39.4 Å². The van der Waals surface area contributed by atoms with Crippen LogP contribution in [-0.2, 0) is 11.3 Å². The Labute approximate surface area is 163 Å². The third-order valence-corrected chi connectivity index (χ3v) is 6.10. The van der Waals surface area contributed by atoms with Gasteiger partial charge in [-0.25, -0.2) is 4.98 Å². The summed E-state index contributed by atoms with van der Waals surface area (Å²) in [5.74, 6) is 1.91. The van der Waals surface area contributed by atoms with Gasteiger partial charge in [-0.15, -0.1) is 0 Å². The molecule has 1 aliphatic carbocycles. The van der Waals surface area contributed by atoms with Crippen LogP contribution in [0, 0.1) is 5.41 Å². The molecule has 2 N–H and O–H groups in total. The van der Waals surface area contributed by atoms with Crippen molar-refractivity contribution < 1.29 is 4.74 Å². The highest BCUT2D eigenvalue weighted by Crippen LogP contribution is 2.40. The van der Waals surface area contributed by atoms with E-state index in [9.17, 15) is 0 Å². The lowest BCUT2D eigenvalue weighted by Crippen LogP contribution is -2.42. The van der Waals surface area contributed by atoms with E-state index in [4.69, 9.17) is 4.74 Å². The normalized spacial score (nSPS) is 22.7. The largest absolute Gasteiger partial charge is 0.375 e. The number of nitrogens with one attached hydrogen (secondary N) is 2. The highest BCUT2D eigenvalue weighted by molar-refractivity contribution is 5.79. The van der Waals surface area contributed by atoms with Crippen LogP contribution in [0.1, 0.15) is 51.5 Å². The molecule has 1 unspecified atom stereocenters. The van der Waals surface area contributed by atoms with Crippen LogP contribution >= 0.6 is 0 Å². The Bertz CT molecular complexity index is 610. The zero-order valence-corrected chi connectivity index (χ0v) is 17.1. The lowest BCUT2D eigenvalue weighted by Gasteiger charge is -2.32. The van der Waals surface area contributed by atoms with E-state index in [-0.39, 0.29) is 6.10 Å². The maximum absolute atomic E-state index is 5.61. The number of hydrogen-bond donors (Lipinski definition) is 2. The van der Waals surface area contributed by atoms with Crippen LogP contribution in [0.4, 0.5) is 5.82 Å². The van der Waals surface area contributed by atoms with Crippen LogP contribution in [0.5, 0.6) is 0 Å². The van der Waals surface area contributed by atoms with E-state index in [1.807, 2.05) is 13.2 Å². The van der Waals surface area contributed by atoms with Gasteiger partial charge >= 0.3 is 0 Å². The summed E-state index contributed by atoms with van der Waals surface area (Å²) >= 11 is 0. The van der Waals surface area contributed by atoms with Crippen molar-refractivity contribution >= 4 is 11.8 Å². The topological polar surface area (TPSA) is 61.8 Å². The third kappa shape index (κ3) is 5.34. The number of guanidine groups is 1. The highest BCUT2D eigenvalue weighted by atomic mass is 16.5. The minimum Gasteiger partial charge on any atom is -0.375 e. The van der Waals surface area contributed by atoms with E-state index < -0.39 is 0 Å². The van der Waals surface area contributed by atoms with Crippen molar-refractivity contribution in [1.29, 1.82) is 0 Å². The van der Waals surface area contributed by atoms with Crippen molar-refractivity contribution in [2.45, 2.75) is 58.6 Å². The van der Waals surface area contributed by atoms with E-state index in [1.165, 1.54) is 32.1 Å². The van der Waals surface area contributed by atoms with Crippen molar-refractivity contribution in [3.8, 4) is 0 Å². The fourth-order valence-electron chi connectivity index (χ4n) is 4.19. The van der Waals surface area contributed by atoms with Crippen LogP contribution in [0.25, 0.3) is 0 Å². The molecule has 6 nitrogen and oxygen atoms in total. The van der Waals surface area contributed by atoms with Gasteiger partial charge in [0.25, 0.3) is 0 Å². The number of pyridine rings is 1. The SMILES string of the molecule is CCC1(CNC(=NC)NCc2ccc(N3CCOC(C)C3)nc2)CCCC1. The molecule has 0 aromatic carbocycles. The van der Waals surface area contributed by atoms with Gasteiger partial charge in [0.05, 0.1) is 12.7 Å². The number of morpholine rings is 1. The van der Waals surface area contributed by atoms with Crippen LogP contribution in [0.3, 0.4) is 0 Å². The van der Waals surface area contributed by atoms with Crippen molar-refractivity contribution in [3.05, 3.63) is 23.9 Å². The Balaban J connectivity index is 1.48. The molecule has 0 amide bonds. The van der Waals surface area contributed by atoms with Crippen molar-refractivity contribution in [2.24, 2.45) is 10.4 Å². The molecule has 1 saturated carbocycles. The summed E-state index contributed by atoms with van der Waals surface area (Å²) < 4.78 is 5.61. The quantitative estimate of drug-likeness (QED) is 0.593. The predicted molar refractivity (Wildman–Crippen MR) is 111 cm³/mol. The summed E-state index contributed by atoms with van der Waals surface area (Å²) in [5, 5.41) is 6.96. The van der Waals surface area contributed by atoms with Gasteiger partial charge < -0.3 is 20.3 Å². The lowest BCUT2D eigenvalue weighted by atomic mass is 9.83. The average molecular weight is 374 g/mol.